The fourth-order valence-corrected chi connectivity index (χ4v) is 1.86. The van der Waals surface area contributed by atoms with Crippen molar-refractivity contribution in [2.24, 2.45) is 5.92 Å². The minimum atomic E-state index is -1.02. The zero-order valence-electron chi connectivity index (χ0n) is 7.72. The number of carbonyl (C=O) groups is 2. The van der Waals surface area contributed by atoms with E-state index in [9.17, 15) is 14.7 Å². The molecular formula is C9H13NO4. The standard InChI is InChI=1S/C9H13NO4/c11-6-3-7(9(13)14)10(4-6)8(12)5-1-2-5/h5-7,11H,1-4H2,(H,13,14)/t6?,7-/m0/s1. The third-order valence-electron chi connectivity index (χ3n) is 2.77. The zero-order valence-corrected chi connectivity index (χ0v) is 7.72. The van der Waals surface area contributed by atoms with Crippen molar-refractivity contribution in [3.63, 3.8) is 0 Å². The Morgan fingerprint density at radius 1 is 1.29 bits per heavy atom. The van der Waals surface area contributed by atoms with Gasteiger partial charge in [0, 0.05) is 18.9 Å². The molecule has 1 unspecified atom stereocenters. The number of carboxylic acids is 1. The monoisotopic (exact) mass is 199 g/mol. The smallest absolute Gasteiger partial charge is 0.326 e. The third kappa shape index (κ3) is 1.59. The molecule has 1 saturated carbocycles. The van der Waals surface area contributed by atoms with Gasteiger partial charge < -0.3 is 15.1 Å². The normalized spacial score (nSPS) is 31.9. The molecule has 0 bridgehead atoms. The number of aliphatic hydroxyl groups is 1. The van der Waals surface area contributed by atoms with Crippen molar-refractivity contribution in [3.05, 3.63) is 0 Å². The van der Waals surface area contributed by atoms with Gasteiger partial charge >= 0.3 is 5.97 Å². The summed E-state index contributed by atoms with van der Waals surface area (Å²) in [7, 11) is 0. The van der Waals surface area contributed by atoms with E-state index < -0.39 is 18.1 Å². The summed E-state index contributed by atoms with van der Waals surface area (Å²) in [5.41, 5.74) is 0. The fraction of sp³-hybridized carbons (Fsp3) is 0.778. The van der Waals surface area contributed by atoms with Crippen molar-refractivity contribution in [1.29, 1.82) is 0 Å². The van der Waals surface area contributed by atoms with Gasteiger partial charge in [0.25, 0.3) is 0 Å². The summed E-state index contributed by atoms with van der Waals surface area (Å²) in [5.74, 6) is -1.10. The van der Waals surface area contributed by atoms with Gasteiger partial charge in [-0.15, -0.1) is 0 Å². The first-order valence-electron chi connectivity index (χ1n) is 4.81. The zero-order chi connectivity index (χ0) is 10.3. The Kier molecular flexibility index (Phi) is 2.19. The molecule has 5 heteroatoms. The van der Waals surface area contributed by atoms with Crippen LogP contribution in [-0.2, 0) is 9.59 Å². The molecule has 2 rings (SSSR count). The topological polar surface area (TPSA) is 77.8 Å². The molecule has 2 atom stereocenters. The van der Waals surface area contributed by atoms with E-state index in [0.29, 0.717) is 0 Å². The maximum Gasteiger partial charge on any atom is 0.326 e. The lowest BCUT2D eigenvalue weighted by molar-refractivity contribution is -0.148. The van der Waals surface area contributed by atoms with Gasteiger partial charge in [0.05, 0.1) is 6.10 Å². The van der Waals surface area contributed by atoms with Crippen LogP contribution in [0, 0.1) is 5.92 Å². The molecule has 0 radical (unpaired) electrons. The minimum Gasteiger partial charge on any atom is -0.480 e. The average molecular weight is 199 g/mol. The van der Waals surface area contributed by atoms with Gasteiger partial charge in [0.2, 0.25) is 5.91 Å². The van der Waals surface area contributed by atoms with E-state index in [1.54, 1.807) is 0 Å². The number of nitrogens with zero attached hydrogens (tertiary/aromatic N) is 1. The van der Waals surface area contributed by atoms with Crippen LogP contribution in [-0.4, -0.2) is 45.7 Å². The van der Waals surface area contributed by atoms with Crippen LogP contribution in [0.15, 0.2) is 0 Å². The highest BCUT2D eigenvalue weighted by Crippen LogP contribution is 2.33. The predicted molar refractivity (Wildman–Crippen MR) is 46.5 cm³/mol. The first-order valence-corrected chi connectivity index (χ1v) is 4.81. The molecule has 0 aromatic carbocycles. The van der Waals surface area contributed by atoms with Gasteiger partial charge in [-0.25, -0.2) is 4.79 Å². The predicted octanol–water partition coefficient (Wildman–Crippen LogP) is -0.557. The first-order chi connectivity index (χ1) is 6.59. The molecule has 0 spiro atoms. The highest BCUT2D eigenvalue weighted by molar-refractivity contribution is 5.87. The van der Waals surface area contributed by atoms with Gasteiger partial charge in [-0.1, -0.05) is 0 Å². The van der Waals surface area contributed by atoms with Gasteiger partial charge in [-0.05, 0) is 12.8 Å². The molecule has 2 fully saturated rings. The third-order valence-corrected chi connectivity index (χ3v) is 2.77. The summed E-state index contributed by atoms with van der Waals surface area (Å²) in [6.45, 7) is 0.173. The van der Waals surface area contributed by atoms with Crippen LogP contribution in [0.25, 0.3) is 0 Å². The highest BCUT2D eigenvalue weighted by Gasteiger charge is 2.43. The van der Waals surface area contributed by atoms with Crippen LogP contribution in [0.3, 0.4) is 0 Å². The van der Waals surface area contributed by atoms with Crippen LogP contribution < -0.4 is 0 Å². The Bertz CT molecular complexity index is 274. The SMILES string of the molecule is O=C(O)[C@@H]1CC(O)CN1C(=O)C1CC1. The average Bonchev–Trinajstić information content (AvgIpc) is 2.87. The summed E-state index contributed by atoms with van der Waals surface area (Å²) in [5, 5.41) is 18.2. The molecule has 2 N–H and O–H groups in total. The Balaban J connectivity index is 2.07. The van der Waals surface area contributed by atoms with E-state index in [4.69, 9.17) is 5.11 Å². The summed E-state index contributed by atoms with van der Waals surface area (Å²) in [6.07, 6.45) is 1.20. The number of aliphatic carboxylic acids is 1. The van der Waals surface area contributed by atoms with Gasteiger partial charge in [0.1, 0.15) is 6.04 Å². The Morgan fingerprint density at radius 3 is 2.43 bits per heavy atom. The minimum absolute atomic E-state index is 0.0159. The van der Waals surface area contributed by atoms with Crippen LogP contribution in [0.2, 0.25) is 0 Å². The Morgan fingerprint density at radius 2 is 1.93 bits per heavy atom. The molecule has 14 heavy (non-hydrogen) atoms. The van der Waals surface area contributed by atoms with E-state index in [2.05, 4.69) is 0 Å². The number of rotatable bonds is 2. The van der Waals surface area contributed by atoms with Crippen molar-refractivity contribution < 1.29 is 19.8 Å². The van der Waals surface area contributed by atoms with Gasteiger partial charge in [-0.2, -0.15) is 0 Å². The number of carbonyl (C=O) groups excluding carboxylic acids is 1. The summed E-state index contributed by atoms with van der Waals surface area (Å²) < 4.78 is 0. The number of hydrogen-bond acceptors (Lipinski definition) is 3. The maximum atomic E-state index is 11.6. The number of amides is 1. The van der Waals surface area contributed by atoms with Gasteiger partial charge in [0.15, 0.2) is 0 Å². The molecule has 0 aromatic rings. The Labute approximate surface area is 81.3 Å². The molecule has 1 aliphatic carbocycles. The lowest BCUT2D eigenvalue weighted by atomic mass is 10.2. The van der Waals surface area contributed by atoms with Crippen molar-refractivity contribution in [2.45, 2.75) is 31.4 Å². The second-order valence-corrected chi connectivity index (χ2v) is 4.01. The van der Waals surface area contributed by atoms with Crippen molar-refractivity contribution in [2.75, 3.05) is 6.54 Å². The number of aliphatic hydroxyl groups excluding tert-OH is 1. The lowest BCUT2D eigenvalue weighted by Gasteiger charge is -2.20. The number of hydrogen-bond donors (Lipinski definition) is 2. The summed E-state index contributed by atoms with van der Waals surface area (Å²) in [6, 6.07) is -0.821. The molecule has 2 aliphatic rings. The van der Waals surface area contributed by atoms with Crippen LogP contribution in [0.5, 0.6) is 0 Å². The molecular weight excluding hydrogens is 186 g/mol. The summed E-state index contributed by atoms with van der Waals surface area (Å²) in [4.78, 5) is 23.7. The van der Waals surface area contributed by atoms with E-state index in [0.717, 1.165) is 12.8 Å². The molecule has 1 heterocycles. The molecule has 1 aliphatic heterocycles. The molecule has 0 aromatic heterocycles. The lowest BCUT2D eigenvalue weighted by Crippen LogP contribution is -2.41. The van der Waals surface area contributed by atoms with E-state index >= 15 is 0 Å². The van der Waals surface area contributed by atoms with Crippen molar-refractivity contribution in [3.8, 4) is 0 Å². The number of carboxylic acid groups (broad SMARTS) is 1. The summed E-state index contributed by atoms with van der Waals surface area (Å²) >= 11 is 0. The largest absolute Gasteiger partial charge is 0.480 e. The fourth-order valence-electron chi connectivity index (χ4n) is 1.86. The van der Waals surface area contributed by atoms with Crippen molar-refractivity contribution >= 4 is 11.9 Å². The second-order valence-electron chi connectivity index (χ2n) is 4.01. The highest BCUT2D eigenvalue weighted by atomic mass is 16.4. The van der Waals surface area contributed by atoms with Crippen LogP contribution in [0.4, 0.5) is 0 Å². The number of likely N-dealkylation sites (tertiary alicyclic amines) is 1. The molecule has 1 amide bonds. The van der Waals surface area contributed by atoms with E-state index in [1.165, 1.54) is 4.90 Å². The Hall–Kier alpha value is -1.10. The van der Waals surface area contributed by atoms with Crippen LogP contribution in [0.1, 0.15) is 19.3 Å². The van der Waals surface area contributed by atoms with Crippen LogP contribution >= 0.6 is 0 Å². The number of β-amino-alcohol motifs (C(OH)–C–C–N with tert-alkyl or cyclic N) is 1. The first kappa shape index (κ1) is 9.45. The molecule has 1 saturated heterocycles. The van der Waals surface area contributed by atoms with Gasteiger partial charge in [-0.3, -0.25) is 4.79 Å². The molecule has 78 valence electrons. The van der Waals surface area contributed by atoms with Crippen molar-refractivity contribution in [1.82, 2.24) is 4.90 Å². The van der Waals surface area contributed by atoms with E-state index in [-0.39, 0.29) is 24.8 Å². The maximum absolute atomic E-state index is 11.6. The quantitative estimate of drug-likeness (QED) is 0.625. The second kappa shape index (κ2) is 3.24. The molecule has 5 nitrogen and oxygen atoms in total. The van der Waals surface area contributed by atoms with E-state index in [1.807, 2.05) is 0 Å².